The lowest BCUT2D eigenvalue weighted by atomic mass is 10.2. The van der Waals surface area contributed by atoms with E-state index in [1.807, 2.05) is 5.25 Å². The Kier molecular flexibility index (Phi) is 3.70. The van der Waals surface area contributed by atoms with Gasteiger partial charge in [0.25, 0.3) is 5.69 Å². The van der Waals surface area contributed by atoms with Crippen LogP contribution in [-0.4, -0.2) is 26.7 Å². The van der Waals surface area contributed by atoms with E-state index in [4.69, 9.17) is 4.74 Å². The molecule has 0 amide bonds. The minimum Gasteiger partial charge on any atom is -0.496 e. The predicted octanol–water partition coefficient (Wildman–Crippen LogP) is 0.957. The molecule has 0 fully saturated rings. The van der Waals surface area contributed by atoms with E-state index in [1.165, 1.54) is 25.3 Å². The Balaban J connectivity index is 3.28. The Bertz CT molecular complexity index is 609. The molecule has 0 N–H and O–H groups in total. The molecule has 0 saturated heterocycles. The van der Waals surface area contributed by atoms with E-state index >= 15 is 0 Å². The average Bonchev–Trinajstić information content (AvgIpc) is 2.25. The number of hydrogen-bond donors (Lipinski definition) is 0. The van der Waals surface area contributed by atoms with Crippen LogP contribution in [0.2, 0.25) is 0 Å². The highest BCUT2D eigenvalue weighted by Gasteiger charge is 2.09. The minimum absolute atomic E-state index is 0.206. The monoisotopic (exact) mass is 255 g/mol. The van der Waals surface area contributed by atoms with Crippen molar-refractivity contribution in [2.24, 2.45) is 0 Å². The molecule has 1 rings (SSSR count). The van der Waals surface area contributed by atoms with Crippen LogP contribution in [0.3, 0.4) is 0 Å². The number of benzene rings is 1. The zero-order valence-corrected chi connectivity index (χ0v) is 9.95. The topological polar surface area (TPSA) is 86.5 Å². The highest BCUT2D eigenvalue weighted by atomic mass is 32.2. The molecule has 1 aromatic carbocycles. The second kappa shape index (κ2) is 4.84. The van der Waals surface area contributed by atoms with Gasteiger partial charge >= 0.3 is 0 Å². The first-order chi connectivity index (χ1) is 7.81. The second-order valence-electron chi connectivity index (χ2n) is 3.18. The summed E-state index contributed by atoms with van der Waals surface area (Å²) < 4.78 is 26.5. The molecule has 0 bridgehead atoms. The van der Waals surface area contributed by atoms with Gasteiger partial charge in [0.1, 0.15) is 5.75 Å². The van der Waals surface area contributed by atoms with Crippen molar-refractivity contribution < 1.29 is 18.1 Å². The van der Waals surface area contributed by atoms with Crippen molar-refractivity contribution in [1.29, 1.82) is 0 Å². The van der Waals surface area contributed by atoms with Gasteiger partial charge in [0.05, 0.1) is 24.4 Å². The molecule has 0 aliphatic carbocycles. The quantitative estimate of drug-likeness (QED) is 0.446. The summed E-state index contributed by atoms with van der Waals surface area (Å²) in [4.78, 5) is 10.0. The van der Waals surface area contributed by atoms with E-state index in [0.29, 0.717) is 0 Å². The van der Waals surface area contributed by atoms with Crippen molar-refractivity contribution >= 4 is 15.5 Å². The molecule has 0 aliphatic heterocycles. The highest BCUT2D eigenvalue weighted by molar-refractivity contribution is 7.95. The second-order valence-corrected chi connectivity index (χ2v) is 4.92. The Labute approximate surface area is 98.3 Å². The van der Waals surface area contributed by atoms with Gasteiger partial charge in [-0.05, 0) is 12.0 Å². The van der Waals surface area contributed by atoms with E-state index < -0.39 is 14.8 Å². The van der Waals surface area contributed by atoms with E-state index in [9.17, 15) is 18.5 Å². The summed E-state index contributed by atoms with van der Waals surface area (Å²) in [7, 11) is -2.09. The van der Waals surface area contributed by atoms with Gasteiger partial charge in [-0.1, -0.05) is 0 Å². The SMILES string of the molecule is COc1cc(C#CS(C)(=O)=O)cc([N+](=O)[O-])c1. The Morgan fingerprint density at radius 2 is 2.00 bits per heavy atom. The van der Waals surface area contributed by atoms with E-state index in [-0.39, 0.29) is 17.0 Å². The van der Waals surface area contributed by atoms with Crippen molar-refractivity contribution in [1.82, 2.24) is 0 Å². The average molecular weight is 255 g/mol. The summed E-state index contributed by atoms with van der Waals surface area (Å²) in [5.41, 5.74) is 0.00336. The maximum absolute atomic E-state index is 10.8. The van der Waals surface area contributed by atoms with E-state index in [0.717, 1.165) is 6.26 Å². The summed E-state index contributed by atoms with van der Waals surface area (Å²) in [6, 6.07) is 3.83. The molecular weight excluding hydrogens is 246 g/mol. The van der Waals surface area contributed by atoms with Gasteiger partial charge in [-0.15, -0.1) is 0 Å². The van der Waals surface area contributed by atoms with Crippen LogP contribution in [0.5, 0.6) is 5.75 Å². The summed E-state index contributed by atoms with van der Waals surface area (Å²) in [5, 5.41) is 12.6. The number of nitro benzene ring substituents is 1. The van der Waals surface area contributed by atoms with Crippen LogP contribution < -0.4 is 4.74 Å². The summed E-state index contributed by atoms with van der Waals surface area (Å²) in [6.07, 6.45) is 0.953. The minimum atomic E-state index is -3.45. The lowest BCUT2D eigenvalue weighted by Gasteiger charge is -2.00. The number of methoxy groups -OCH3 is 1. The van der Waals surface area contributed by atoms with Crippen molar-refractivity contribution in [2.75, 3.05) is 13.4 Å². The zero-order valence-electron chi connectivity index (χ0n) is 9.13. The van der Waals surface area contributed by atoms with E-state index in [1.54, 1.807) is 0 Å². The van der Waals surface area contributed by atoms with Gasteiger partial charge in [-0.2, -0.15) is 0 Å². The molecule has 0 aromatic heterocycles. The number of nitrogens with zero attached hydrogens (tertiary/aromatic N) is 1. The fourth-order valence-electron chi connectivity index (χ4n) is 1.03. The van der Waals surface area contributed by atoms with Crippen LogP contribution >= 0.6 is 0 Å². The number of ether oxygens (including phenoxy) is 1. The lowest BCUT2D eigenvalue weighted by molar-refractivity contribution is -0.384. The molecule has 6 nitrogen and oxygen atoms in total. The largest absolute Gasteiger partial charge is 0.496 e. The van der Waals surface area contributed by atoms with Crippen LogP contribution in [0, 0.1) is 21.3 Å². The van der Waals surface area contributed by atoms with E-state index in [2.05, 4.69) is 5.92 Å². The molecule has 0 atom stereocenters. The Hall–Kier alpha value is -2.07. The van der Waals surface area contributed by atoms with Crippen LogP contribution in [0.4, 0.5) is 5.69 Å². The summed E-state index contributed by atoms with van der Waals surface area (Å²) in [6.45, 7) is 0. The third-order valence-corrected chi connectivity index (χ3v) is 2.19. The van der Waals surface area contributed by atoms with Gasteiger partial charge < -0.3 is 4.74 Å². The number of hydrogen-bond acceptors (Lipinski definition) is 5. The smallest absolute Gasteiger partial charge is 0.274 e. The zero-order chi connectivity index (χ0) is 13.1. The lowest BCUT2D eigenvalue weighted by Crippen LogP contribution is -1.93. The Morgan fingerprint density at radius 3 is 2.47 bits per heavy atom. The standard InChI is InChI=1S/C10H9NO5S/c1-16-10-6-8(3-4-17(2,14)15)5-9(7-10)11(12)13/h5-7H,1-2H3. The Morgan fingerprint density at radius 1 is 1.35 bits per heavy atom. The molecule has 7 heteroatoms. The molecule has 17 heavy (non-hydrogen) atoms. The fraction of sp³-hybridized carbons (Fsp3) is 0.200. The van der Waals surface area contributed by atoms with Crippen LogP contribution in [0.1, 0.15) is 5.56 Å². The maximum atomic E-state index is 10.8. The van der Waals surface area contributed by atoms with Gasteiger partial charge in [0.15, 0.2) is 0 Å². The van der Waals surface area contributed by atoms with Gasteiger partial charge in [0.2, 0.25) is 9.84 Å². The molecule has 0 aliphatic rings. The summed E-state index contributed by atoms with van der Waals surface area (Å²) in [5.74, 6) is 2.58. The number of sulfone groups is 1. The van der Waals surface area contributed by atoms with Gasteiger partial charge in [0, 0.05) is 16.9 Å². The molecule has 90 valence electrons. The molecule has 0 heterocycles. The number of non-ortho nitro benzene ring substituents is 1. The molecule has 0 spiro atoms. The predicted molar refractivity (Wildman–Crippen MR) is 61.4 cm³/mol. The first kappa shape index (κ1) is 13.0. The van der Waals surface area contributed by atoms with Gasteiger partial charge in [-0.3, -0.25) is 10.1 Å². The molecule has 0 saturated carbocycles. The first-order valence-corrected chi connectivity index (χ1v) is 6.27. The van der Waals surface area contributed by atoms with Crippen molar-refractivity contribution in [2.45, 2.75) is 0 Å². The third-order valence-electron chi connectivity index (χ3n) is 1.72. The molecular formula is C10H9NO5S. The fourth-order valence-corrected chi connectivity index (χ4v) is 1.33. The molecule has 0 radical (unpaired) electrons. The normalized spacial score (nSPS) is 10.2. The van der Waals surface area contributed by atoms with Crippen LogP contribution in [0.15, 0.2) is 18.2 Å². The van der Waals surface area contributed by atoms with Gasteiger partial charge in [-0.25, -0.2) is 8.42 Å². The molecule has 0 unspecified atom stereocenters. The van der Waals surface area contributed by atoms with Crippen LogP contribution in [-0.2, 0) is 9.84 Å². The number of nitro groups is 1. The van der Waals surface area contributed by atoms with Crippen molar-refractivity contribution in [3.8, 4) is 16.9 Å². The van der Waals surface area contributed by atoms with Crippen molar-refractivity contribution in [3.05, 3.63) is 33.9 Å². The first-order valence-electron chi connectivity index (χ1n) is 4.38. The summed E-state index contributed by atoms with van der Waals surface area (Å²) >= 11 is 0. The third kappa shape index (κ3) is 4.12. The number of rotatable bonds is 2. The van der Waals surface area contributed by atoms with Crippen LogP contribution in [0.25, 0.3) is 0 Å². The molecule has 1 aromatic rings. The maximum Gasteiger partial charge on any atom is 0.274 e. The van der Waals surface area contributed by atoms with Crippen molar-refractivity contribution in [3.63, 3.8) is 0 Å². The highest BCUT2D eigenvalue weighted by Crippen LogP contribution is 2.21.